The fourth-order valence-electron chi connectivity index (χ4n) is 2.48. The van der Waals surface area contributed by atoms with Crippen LogP contribution in [0, 0.1) is 12.8 Å². The zero-order valence-corrected chi connectivity index (χ0v) is 9.16. The maximum atomic E-state index is 11.1. The Balaban J connectivity index is 2.40. The normalized spacial score (nSPS) is 24.7. The van der Waals surface area contributed by atoms with Crippen molar-refractivity contribution in [3.8, 4) is 0 Å². The molecule has 0 saturated carbocycles. The monoisotopic (exact) mass is 204 g/mol. The van der Waals surface area contributed by atoms with E-state index in [2.05, 4.69) is 25.1 Å². The molecule has 0 amide bonds. The first-order valence-corrected chi connectivity index (χ1v) is 5.42. The molecule has 0 fully saturated rings. The van der Waals surface area contributed by atoms with E-state index in [4.69, 9.17) is 5.11 Å². The molecule has 2 atom stereocenters. The topological polar surface area (TPSA) is 37.3 Å². The van der Waals surface area contributed by atoms with Crippen LogP contribution in [0.3, 0.4) is 0 Å². The van der Waals surface area contributed by atoms with Crippen molar-refractivity contribution in [2.24, 2.45) is 5.92 Å². The molecule has 2 heteroatoms. The first-order valence-electron chi connectivity index (χ1n) is 5.42. The third-order valence-electron chi connectivity index (χ3n) is 3.44. The van der Waals surface area contributed by atoms with Crippen LogP contribution in [0.15, 0.2) is 18.2 Å². The van der Waals surface area contributed by atoms with Gasteiger partial charge in [0.25, 0.3) is 0 Å². The Morgan fingerprint density at radius 3 is 2.87 bits per heavy atom. The first-order chi connectivity index (χ1) is 7.09. The van der Waals surface area contributed by atoms with E-state index in [1.807, 2.05) is 6.92 Å². The van der Waals surface area contributed by atoms with E-state index >= 15 is 0 Å². The van der Waals surface area contributed by atoms with Gasteiger partial charge in [0, 0.05) is 0 Å². The smallest absolute Gasteiger partial charge is 0.307 e. The Morgan fingerprint density at radius 2 is 2.20 bits per heavy atom. The summed E-state index contributed by atoms with van der Waals surface area (Å²) in [6.45, 7) is 4.08. The lowest BCUT2D eigenvalue weighted by Crippen LogP contribution is -2.25. The van der Waals surface area contributed by atoms with E-state index in [9.17, 15) is 4.79 Å². The minimum atomic E-state index is -0.658. The molecule has 1 aliphatic carbocycles. The summed E-state index contributed by atoms with van der Waals surface area (Å²) in [6, 6.07) is 6.38. The maximum Gasteiger partial charge on any atom is 0.307 e. The van der Waals surface area contributed by atoms with Gasteiger partial charge in [0.15, 0.2) is 0 Å². The molecule has 0 aromatic heterocycles. The quantitative estimate of drug-likeness (QED) is 0.763. The lowest BCUT2D eigenvalue weighted by Gasteiger charge is -2.28. The van der Waals surface area contributed by atoms with Crippen LogP contribution in [0.25, 0.3) is 0 Å². The minimum Gasteiger partial charge on any atom is -0.481 e. The fraction of sp³-hybridized carbons (Fsp3) is 0.462. The average Bonchev–Trinajstić information content (AvgIpc) is 2.19. The van der Waals surface area contributed by atoms with Crippen molar-refractivity contribution in [1.29, 1.82) is 0 Å². The number of rotatable bonds is 1. The number of carboxylic acid groups (broad SMARTS) is 1. The molecule has 0 saturated heterocycles. The van der Waals surface area contributed by atoms with Crippen LogP contribution < -0.4 is 0 Å². The zero-order chi connectivity index (χ0) is 11.0. The van der Waals surface area contributed by atoms with Crippen molar-refractivity contribution in [3.05, 3.63) is 34.9 Å². The van der Waals surface area contributed by atoms with Gasteiger partial charge in [0.1, 0.15) is 0 Å². The molecule has 2 rings (SSSR count). The van der Waals surface area contributed by atoms with Crippen molar-refractivity contribution in [3.63, 3.8) is 0 Å². The van der Waals surface area contributed by atoms with Gasteiger partial charge in [-0.2, -0.15) is 0 Å². The molecule has 0 spiro atoms. The number of aryl methyl sites for hydroxylation is 2. The van der Waals surface area contributed by atoms with Crippen LogP contribution in [0.2, 0.25) is 0 Å². The molecule has 2 nitrogen and oxygen atoms in total. The van der Waals surface area contributed by atoms with Gasteiger partial charge in [-0.25, -0.2) is 0 Å². The fourth-order valence-corrected chi connectivity index (χ4v) is 2.48. The summed E-state index contributed by atoms with van der Waals surface area (Å²) < 4.78 is 0. The van der Waals surface area contributed by atoms with E-state index in [0.29, 0.717) is 0 Å². The summed E-state index contributed by atoms with van der Waals surface area (Å²) in [5.41, 5.74) is 3.77. The third kappa shape index (κ3) is 1.76. The number of aliphatic carboxylic acids is 1. The standard InChI is InChI=1S/C13H16O2/c1-8-3-4-10-5-6-11(13(14)15)9(2)12(10)7-8/h3-4,7,9,11H,5-6H2,1-2H3,(H,14,15). The van der Waals surface area contributed by atoms with Crippen LogP contribution in [0.4, 0.5) is 0 Å². The largest absolute Gasteiger partial charge is 0.481 e. The second-order valence-electron chi connectivity index (χ2n) is 4.47. The van der Waals surface area contributed by atoms with Crippen LogP contribution in [0.1, 0.15) is 36.0 Å². The Morgan fingerprint density at radius 1 is 1.47 bits per heavy atom. The molecular formula is C13H16O2. The van der Waals surface area contributed by atoms with E-state index < -0.39 is 5.97 Å². The third-order valence-corrected chi connectivity index (χ3v) is 3.44. The van der Waals surface area contributed by atoms with Crippen LogP contribution in [-0.4, -0.2) is 11.1 Å². The molecule has 1 aromatic rings. The van der Waals surface area contributed by atoms with E-state index in [-0.39, 0.29) is 11.8 Å². The second-order valence-corrected chi connectivity index (χ2v) is 4.47. The van der Waals surface area contributed by atoms with Gasteiger partial charge in [0.05, 0.1) is 5.92 Å². The highest BCUT2D eigenvalue weighted by atomic mass is 16.4. The lowest BCUT2D eigenvalue weighted by atomic mass is 9.76. The molecule has 0 radical (unpaired) electrons. The van der Waals surface area contributed by atoms with Crippen molar-refractivity contribution in [2.45, 2.75) is 32.6 Å². The zero-order valence-electron chi connectivity index (χ0n) is 9.16. The van der Waals surface area contributed by atoms with E-state index in [1.165, 1.54) is 16.7 Å². The number of hydrogen-bond donors (Lipinski definition) is 1. The Labute approximate surface area is 89.9 Å². The molecular weight excluding hydrogens is 188 g/mol. The Kier molecular flexibility index (Phi) is 2.51. The summed E-state index contributed by atoms with van der Waals surface area (Å²) in [5, 5.41) is 9.10. The molecule has 0 heterocycles. The molecule has 1 N–H and O–H groups in total. The predicted octanol–water partition coefficient (Wildman–Crippen LogP) is 2.75. The van der Waals surface area contributed by atoms with Crippen LogP contribution in [0.5, 0.6) is 0 Å². The van der Waals surface area contributed by atoms with Crippen molar-refractivity contribution < 1.29 is 9.90 Å². The number of carboxylic acids is 1. The van der Waals surface area contributed by atoms with Gasteiger partial charge in [-0.05, 0) is 36.8 Å². The SMILES string of the molecule is Cc1ccc2c(c1)C(C)C(C(=O)O)CC2. The van der Waals surface area contributed by atoms with Gasteiger partial charge in [0.2, 0.25) is 0 Å². The number of fused-ring (bicyclic) bond motifs is 1. The van der Waals surface area contributed by atoms with Gasteiger partial charge < -0.3 is 5.11 Å². The van der Waals surface area contributed by atoms with E-state index in [0.717, 1.165) is 12.8 Å². The second kappa shape index (κ2) is 3.69. The molecule has 2 unspecified atom stereocenters. The highest BCUT2D eigenvalue weighted by Gasteiger charge is 2.30. The molecule has 80 valence electrons. The number of hydrogen-bond acceptors (Lipinski definition) is 1. The van der Waals surface area contributed by atoms with Crippen molar-refractivity contribution in [1.82, 2.24) is 0 Å². The predicted molar refractivity (Wildman–Crippen MR) is 59.0 cm³/mol. The number of carbonyl (C=O) groups is 1. The average molecular weight is 204 g/mol. The van der Waals surface area contributed by atoms with E-state index in [1.54, 1.807) is 0 Å². The first kappa shape index (κ1) is 10.2. The highest BCUT2D eigenvalue weighted by Crippen LogP contribution is 2.36. The van der Waals surface area contributed by atoms with Gasteiger partial charge >= 0.3 is 5.97 Å². The minimum absolute atomic E-state index is 0.145. The molecule has 0 aliphatic heterocycles. The molecule has 1 aromatic carbocycles. The van der Waals surface area contributed by atoms with Gasteiger partial charge in [-0.1, -0.05) is 30.7 Å². The van der Waals surface area contributed by atoms with Gasteiger partial charge in [-0.3, -0.25) is 4.79 Å². The van der Waals surface area contributed by atoms with Crippen LogP contribution >= 0.6 is 0 Å². The molecule has 15 heavy (non-hydrogen) atoms. The summed E-state index contributed by atoms with van der Waals surface area (Å²) in [5.74, 6) is -0.722. The summed E-state index contributed by atoms with van der Waals surface area (Å²) in [4.78, 5) is 11.1. The van der Waals surface area contributed by atoms with Crippen molar-refractivity contribution in [2.75, 3.05) is 0 Å². The molecule has 0 bridgehead atoms. The Bertz CT molecular complexity index is 396. The van der Waals surface area contributed by atoms with Gasteiger partial charge in [-0.15, -0.1) is 0 Å². The summed E-state index contributed by atoms with van der Waals surface area (Å²) >= 11 is 0. The maximum absolute atomic E-state index is 11.1. The summed E-state index contributed by atoms with van der Waals surface area (Å²) in [7, 11) is 0. The Hall–Kier alpha value is -1.31. The molecule has 1 aliphatic rings. The van der Waals surface area contributed by atoms with Crippen LogP contribution in [-0.2, 0) is 11.2 Å². The number of benzene rings is 1. The highest BCUT2D eigenvalue weighted by molar-refractivity contribution is 5.72. The lowest BCUT2D eigenvalue weighted by molar-refractivity contribution is -0.142. The van der Waals surface area contributed by atoms with Crippen molar-refractivity contribution >= 4 is 5.97 Å². The summed E-state index contributed by atoms with van der Waals surface area (Å²) in [6.07, 6.45) is 1.67.